The third kappa shape index (κ3) is 1.83. The van der Waals surface area contributed by atoms with Crippen molar-refractivity contribution in [3.63, 3.8) is 0 Å². The van der Waals surface area contributed by atoms with Crippen molar-refractivity contribution in [1.29, 1.82) is 0 Å². The van der Waals surface area contributed by atoms with Crippen LogP contribution < -0.4 is 0 Å². The molecule has 0 atom stereocenters. The topological polar surface area (TPSA) is 46.6 Å². The second-order valence-corrected chi connectivity index (χ2v) is 2.48. The Morgan fingerprint density at radius 3 is 2.91 bits per heavy atom. The number of carbonyl (C=O) groups excluding carboxylic acids is 2. The number of rotatable bonds is 2. The highest BCUT2D eigenvalue weighted by Crippen LogP contribution is 2.05. The van der Waals surface area contributed by atoms with Crippen molar-refractivity contribution in [2.75, 3.05) is 19.0 Å². The molecule has 5 heteroatoms. The van der Waals surface area contributed by atoms with Gasteiger partial charge in [0, 0.05) is 12.3 Å². The summed E-state index contributed by atoms with van der Waals surface area (Å²) in [7, 11) is 0. The molecule has 1 aliphatic rings. The normalized spacial score (nSPS) is 16.8. The van der Waals surface area contributed by atoms with Crippen LogP contribution in [-0.4, -0.2) is 35.9 Å². The molecule has 1 heterocycles. The Labute approximate surface area is 69.1 Å². The van der Waals surface area contributed by atoms with E-state index in [2.05, 4.69) is 4.74 Å². The molecule has 0 aromatic heterocycles. The van der Waals surface area contributed by atoms with Crippen LogP contribution in [0.15, 0.2) is 0 Å². The minimum absolute atomic E-state index is 0.191. The van der Waals surface area contributed by atoms with Crippen LogP contribution in [0.4, 0.5) is 4.79 Å². The third-order valence-corrected chi connectivity index (χ3v) is 1.56. The molecule has 0 aromatic rings. The van der Waals surface area contributed by atoms with E-state index in [4.69, 9.17) is 11.6 Å². The molecule has 0 radical (unpaired) electrons. The van der Waals surface area contributed by atoms with Gasteiger partial charge in [-0.15, -0.1) is 11.6 Å². The molecule has 4 nitrogen and oxygen atoms in total. The van der Waals surface area contributed by atoms with E-state index in [1.165, 1.54) is 0 Å². The third-order valence-electron chi connectivity index (χ3n) is 1.37. The molecule has 0 saturated carbocycles. The van der Waals surface area contributed by atoms with Crippen molar-refractivity contribution >= 4 is 23.6 Å². The second-order valence-electron chi connectivity index (χ2n) is 2.10. The van der Waals surface area contributed by atoms with Gasteiger partial charge in [0.05, 0.1) is 6.54 Å². The molecule has 1 rings (SSSR count). The Balaban J connectivity index is 2.46. The van der Waals surface area contributed by atoms with E-state index < -0.39 is 6.09 Å². The molecular weight excluding hydrogens is 170 g/mol. The van der Waals surface area contributed by atoms with Gasteiger partial charge in [-0.05, 0) is 0 Å². The lowest BCUT2D eigenvalue weighted by atomic mass is 10.4. The molecule has 0 bridgehead atoms. The number of amides is 2. The predicted molar refractivity (Wildman–Crippen MR) is 38.4 cm³/mol. The van der Waals surface area contributed by atoms with Gasteiger partial charge in [-0.1, -0.05) is 0 Å². The Bertz CT molecular complexity index is 183. The van der Waals surface area contributed by atoms with Crippen molar-refractivity contribution in [3.05, 3.63) is 0 Å². The molecule has 0 unspecified atom stereocenters. The van der Waals surface area contributed by atoms with E-state index in [1.807, 2.05) is 0 Å². The van der Waals surface area contributed by atoms with Crippen molar-refractivity contribution in [3.8, 4) is 0 Å². The fourth-order valence-corrected chi connectivity index (χ4v) is 0.997. The highest BCUT2D eigenvalue weighted by atomic mass is 35.5. The van der Waals surface area contributed by atoms with Gasteiger partial charge < -0.3 is 4.74 Å². The Morgan fingerprint density at radius 1 is 1.73 bits per heavy atom. The molecule has 2 amide bonds. The molecule has 0 aromatic carbocycles. The van der Waals surface area contributed by atoms with Gasteiger partial charge in [0.2, 0.25) is 5.91 Å². The first-order chi connectivity index (χ1) is 5.25. The number of halogens is 1. The summed E-state index contributed by atoms with van der Waals surface area (Å²) in [5, 5.41) is 0. The summed E-state index contributed by atoms with van der Waals surface area (Å²) in [6, 6.07) is 0. The maximum absolute atomic E-state index is 11.0. The van der Waals surface area contributed by atoms with Gasteiger partial charge in [-0.3, -0.25) is 4.79 Å². The van der Waals surface area contributed by atoms with E-state index >= 15 is 0 Å². The Morgan fingerprint density at radius 2 is 2.45 bits per heavy atom. The van der Waals surface area contributed by atoms with Crippen LogP contribution in [0.5, 0.6) is 0 Å². The van der Waals surface area contributed by atoms with Gasteiger partial charge >= 0.3 is 6.09 Å². The van der Waals surface area contributed by atoms with Gasteiger partial charge in [-0.25, -0.2) is 9.69 Å². The molecule has 0 spiro atoms. The maximum Gasteiger partial charge on any atom is 0.416 e. The summed E-state index contributed by atoms with van der Waals surface area (Å²) in [4.78, 5) is 22.8. The zero-order valence-corrected chi connectivity index (χ0v) is 6.63. The summed E-state index contributed by atoms with van der Waals surface area (Å²) < 4.78 is 4.56. The van der Waals surface area contributed by atoms with Gasteiger partial charge in [-0.2, -0.15) is 0 Å². The van der Waals surface area contributed by atoms with Gasteiger partial charge in [0.1, 0.15) is 6.61 Å². The van der Waals surface area contributed by atoms with Crippen LogP contribution in [0.3, 0.4) is 0 Å². The summed E-state index contributed by atoms with van der Waals surface area (Å²) in [6.07, 6.45) is -0.364. The minimum atomic E-state index is -0.555. The number of nitrogens with zero attached hydrogens (tertiary/aromatic N) is 1. The second kappa shape index (κ2) is 3.57. The lowest BCUT2D eigenvalue weighted by molar-refractivity contribution is -0.127. The largest absolute Gasteiger partial charge is 0.447 e. The van der Waals surface area contributed by atoms with Crippen molar-refractivity contribution in [2.24, 2.45) is 0 Å². The van der Waals surface area contributed by atoms with Gasteiger partial charge in [0.15, 0.2) is 0 Å². The molecule has 11 heavy (non-hydrogen) atoms. The zero-order chi connectivity index (χ0) is 8.27. The molecule has 1 saturated heterocycles. The quantitative estimate of drug-likeness (QED) is 0.580. The number of ether oxygens (including phenoxy) is 1. The number of carbonyl (C=O) groups is 2. The maximum atomic E-state index is 11.0. The first-order valence-corrected chi connectivity index (χ1v) is 3.82. The average molecular weight is 178 g/mol. The highest BCUT2D eigenvalue weighted by Gasteiger charge is 2.27. The fourth-order valence-electron chi connectivity index (χ4n) is 0.836. The van der Waals surface area contributed by atoms with Crippen LogP contribution in [0.1, 0.15) is 6.42 Å². The number of imide groups is 1. The zero-order valence-electron chi connectivity index (χ0n) is 5.88. The fraction of sp³-hybridized carbons (Fsp3) is 0.667. The number of hydrogen-bond donors (Lipinski definition) is 0. The molecule has 0 aliphatic carbocycles. The van der Waals surface area contributed by atoms with Gasteiger partial charge in [0.25, 0.3) is 0 Å². The Hall–Kier alpha value is -0.770. The molecular formula is C6H8ClNO3. The van der Waals surface area contributed by atoms with Crippen LogP contribution in [0.25, 0.3) is 0 Å². The van der Waals surface area contributed by atoms with Crippen molar-refractivity contribution in [1.82, 2.24) is 4.90 Å². The smallest absolute Gasteiger partial charge is 0.416 e. The van der Waals surface area contributed by atoms with E-state index in [1.54, 1.807) is 0 Å². The van der Waals surface area contributed by atoms with Crippen molar-refractivity contribution < 1.29 is 14.3 Å². The summed E-state index contributed by atoms with van der Waals surface area (Å²) in [6.45, 7) is 0.654. The van der Waals surface area contributed by atoms with Crippen LogP contribution in [0, 0.1) is 0 Å². The molecule has 1 aliphatic heterocycles. The average Bonchev–Trinajstić information content (AvgIpc) is 2.36. The molecule has 0 N–H and O–H groups in total. The van der Waals surface area contributed by atoms with Crippen LogP contribution in [-0.2, 0) is 9.53 Å². The predicted octanol–water partition coefficient (Wildman–Crippen LogP) is 0.594. The number of cyclic esters (lactones) is 1. The Kier molecular flexibility index (Phi) is 2.70. The lowest BCUT2D eigenvalue weighted by Gasteiger charge is -2.07. The molecule has 62 valence electrons. The van der Waals surface area contributed by atoms with E-state index in [9.17, 15) is 9.59 Å². The minimum Gasteiger partial charge on any atom is -0.447 e. The SMILES string of the molecule is O=C(CCCl)N1CCOC1=O. The first kappa shape index (κ1) is 8.33. The molecule has 1 fully saturated rings. The van der Waals surface area contributed by atoms with Crippen molar-refractivity contribution in [2.45, 2.75) is 6.42 Å². The number of alkyl halides is 1. The summed E-state index contributed by atoms with van der Waals surface area (Å²) in [5.41, 5.74) is 0. The lowest BCUT2D eigenvalue weighted by Crippen LogP contribution is -2.31. The van der Waals surface area contributed by atoms with Crippen LogP contribution >= 0.6 is 11.6 Å². The van der Waals surface area contributed by atoms with E-state index in [0.29, 0.717) is 13.2 Å². The van der Waals surface area contributed by atoms with E-state index in [0.717, 1.165) is 4.90 Å². The van der Waals surface area contributed by atoms with Crippen LogP contribution in [0.2, 0.25) is 0 Å². The first-order valence-electron chi connectivity index (χ1n) is 3.29. The summed E-state index contributed by atoms with van der Waals surface area (Å²) >= 11 is 5.32. The highest BCUT2D eigenvalue weighted by molar-refractivity contribution is 6.19. The monoisotopic (exact) mass is 177 g/mol. The standard InChI is InChI=1S/C6H8ClNO3/c7-2-1-5(9)8-3-4-11-6(8)10/h1-4H2. The van der Waals surface area contributed by atoms with E-state index in [-0.39, 0.29) is 18.2 Å². The number of hydrogen-bond acceptors (Lipinski definition) is 3. The summed E-state index contributed by atoms with van der Waals surface area (Å²) in [5.74, 6) is -0.0229.